The fraction of sp³-hybridized carbons (Fsp3) is 0.250. The van der Waals surface area contributed by atoms with Crippen LogP contribution in [0.3, 0.4) is 0 Å². The Hall–Kier alpha value is -1.01. The largest absolute Gasteiger partial charge is 0.414 e. The normalized spacial score (nSPS) is 10.7. The van der Waals surface area contributed by atoms with Gasteiger partial charge in [0, 0.05) is 0 Å². The molecule has 7 heteroatoms. The van der Waals surface area contributed by atoms with Crippen LogP contribution in [0.25, 0.3) is 0 Å². The topological polar surface area (TPSA) is 21.3 Å². The molecule has 0 heterocycles. The van der Waals surface area contributed by atoms with Crippen molar-refractivity contribution in [2.75, 3.05) is 12.1 Å². The molecule has 0 aliphatic rings. The molecule has 1 rings (SSSR count). The summed E-state index contributed by atoms with van der Waals surface area (Å²) in [4.78, 5) is 4.13. The third-order valence-corrected chi connectivity index (χ3v) is 1.27. The van der Waals surface area contributed by atoms with Crippen LogP contribution in [-0.4, -0.2) is 12.8 Å². The van der Waals surface area contributed by atoms with Crippen molar-refractivity contribution in [3.8, 4) is 0 Å². The van der Waals surface area contributed by atoms with Gasteiger partial charge in [-0.3, -0.25) is 10.3 Å². The lowest BCUT2D eigenvalue weighted by Crippen LogP contribution is -2.19. The molecule has 2 nitrogen and oxygen atoms in total. The Morgan fingerprint density at radius 3 is 2.13 bits per heavy atom. The van der Waals surface area contributed by atoms with Crippen LogP contribution < -0.4 is 5.48 Å². The zero-order chi connectivity index (χ0) is 10.6. The molecule has 1 aromatic carbocycles. The van der Waals surface area contributed by atoms with Gasteiger partial charge in [0.15, 0.2) is 6.61 Å². The predicted octanol–water partition coefficient (Wildman–Crippen LogP) is 3.15. The van der Waals surface area contributed by atoms with E-state index < -0.39 is 18.6 Å². The Morgan fingerprint density at radius 2 is 1.67 bits per heavy atom. The van der Waals surface area contributed by atoms with E-state index in [0.29, 0.717) is 0 Å². The van der Waals surface area contributed by atoms with Crippen molar-refractivity contribution in [3.05, 3.63) is 30.1 Å². The fourth-order valence-electron chi connectivity index (χ4n) is 0.719. The first-order valence-electron chi connectivity index (χ1n) is 3.67. The number of benzene rings is 1. The van der Waals surface area contributed by atoms with Gasteiger partial charge in [0.25, 0.3) is 0 Å². The van der Waals surface area contributed by atoms with Crippen molar-refractivity contribution >= 4 is 18.1 Å². The van der Waals surface area contributed by atoms with Crippen molar-refractivity contribution < 1.29 is 22.4 Å². The van der Waals surface area contributed by atoms with Gasteiger partial charge >= 0.3 is 6.18 Å². The van der Waals surface area contributed by atoms with E-state index in [4.69, 9.17) is 0 Å². The van der Waals surface area contributed by atoms with E-state index in [0.717, 1.165) is 12.1 Å². The van der Waals surface area contributed by atoms with E-state index in [1.54, 1.807) is 0 Å². The van der Waals surface area contributed by atoms with Crippen LogP contribution in [0.5, 0.6) is 0 Å². The lowest BCUT2D eigenvalue weighted by atomic mass is 10.3. The van der Waals surface area contributed by atoms with Gasteiger partial charge < -0.3 is 0 Å². The van der Waals surface area contributed by atoms with Crippen LogP contribution in [0.15, 0.2) is 24.3 Å². The number of anilines is 1. The molecule has 0 fully saturated rings. The molecule has 0 bridgehead atoms. The van der Waals surface area contributed by atoms with Gasteiger partial charge in [-0.05, 0) is 24.3 Å². The van der Waals surface area contributed by atoms with Crippen molar-refractivity contribution in [2.45, 2.75) is 6.18 Å². The van der Waals surface area contributed by atoms with Gasteiger partial charge in [-0.1, -0.05) is 0 Å². The molecule has 1 aromatic rings. The number of hydrogen-bond acceptors (Lipinski definition) is 2. The lowest BCUT2D eigenvalue weighted by Gasteiger charge is -2.08. The Balaban J connectivity index is 0.00000196. The zero-order valence-electron chi connectivity index (χ0n) is 7.34. The molecule has 1 N–H and O–H groups in total. The first kappa shape index (κ1) is 14.0. The summed E-state index contributed by atoms with van der Waals surface area (Å²) in [6.45, 7) is -1.40. The van der Waals surface area contributed by atoms with Crippen LogP contribution >= 0.6 is 12.4 Å². The van der Waals surface area contributed by atoms with Crippen LogP contribution in [0.2, 0.25) is 0 Å². The zero-order valence-corrected chi connectivity index (χ0v) is 8.16. The quantitative estimate of drug-likeness (QED) is 0.652. The van der Waals surface area contributed by atoms with Gasteiger partial charge in [0.2, 0.25) is 0 Å². The Morgan fingerprint density at radius 1 is 1.13 bits per heavy atom. The standard InChI is InChI=1S/C8H7F4NO.ClH/c9-6-1-3-7(4-2-6)13-14-5-8(10,11)12;/h1-4,13H,5H2;1H. The molecule has 0 amide bonds. The van der Waals surface area contributed by atoms with Crippen molar-refractivity contribution in [2.24, 2.45) is 0 Å². The highest BCUT2D eigenvalue weighted by Crippen LogP contribution is 2.15. The summed E-state index contributed by atoms with van der Waals surface area (Å²) in [5.74, 6) is -0.466. The summed E-state index contributed by atoms with van der Waals surface area (Å²) < 4.78 is 47.1. The van der Waals surface area contributed by atoms with Crippen molar-refractivity contribution in [1.82, 2.24) is 0 Å². The molecular formula is C8H8ClF4NO. The van der Waals surface area contributed by atoms with Gasteiger partial charge in [-0.15, -0.1) is 12.4 Å². The van der Waals surface area contributed by atoms with Crippen LogP contribution in [-0.2, 0) is 4.84 Å². The van der Waals surface area contributed by atoms with E-state index in [2.05, 4.69) is 4.84 Å². The minimum Gasteiger partial charge on any atom is -0.267 e. The molecule has 0 saturated heterocycles. The first-order valence-corrected chi connectivity index (χ1v) is 3.67. The van der Waals surface area contributed by atoms with Gasteiger partial charge in [0.05, 0.1) is 5.69 Å². The number of nitrogens with one attached hydrogen (secondary N) is 1. The van der Waals surface area contributed by atoms with E-state index in [1.807, 2.05) is 5.48 Å². The second-order valence-corrected chi connectivity index (χ2v) is 2.51. The molecular weight excluding hydrogens is 238 g/mol. The molecule has 0 spiro atoms. The SMILES string of the molecule is Cl.Fc1ccc(NOCC(F)(F)F)cc1. The average Bonchev–Trinajstić information content (AvgIpc) is 2.06. The Kier molecular flexibility index (Phi) is 5.38. The smallest absolute Gasteiger partial charge is 0.267 e. The highest BCUT2D eigenvalue weighted by Gasteiger charge is 2.27. The first-order chi connectivity index (χ1) is 6.47. The van der Waals surface area contributed by atoms with Gasteiger partial charge in [-0.2, -0.15) is 13.2 Å². The minimum atomic E-state index is -4.38. The molecule has 0 aromatic heterocycles. The van der Waals surface area contributed by atoms with Crippen molar-refractivity contribution in [1.29, 1.82) is 0 Å². The van der Waals surface area contributed by atoms with E-state index >= 15 is 0 Å². The molecule has 0 aliphatic heterocycles. The molecule has 0 radical (unpaired) electrons. The second kappa shape index (κ2) is 5.77. The maximum Gasteiger partial charge on any atom is 0.414 e. The van der Waals surface area contributed by atoms with E-state index in [1.165, 1.54) is 12.1 Å². The summed E-state index contributed by atoms with van der Waals surface area (Å²) in [5.41, 5.74) is 2.30. The van der Waals surface area contributed by atoms with E-state index in [9.17, 15) is 17.6 Å². The van der Waals surface area contributed by atoms with Gasteiger partial charge in [0.1, 0.15) is 5.82 Å². The maximum absolute atomic E-state index is 12.3. The van der Waals surface area contributed by atoms with Crippen LogP contribution in [0, 0.1) is 5.82 Å². The highest BCUT2D eigenvalue weighted by atomic mass is 35.5. The lowest BCUT2D eigenvalue weighted by molar-refractivity contribution is -0.167. The molecule has 0 unspecified atom stereocenters. The van der Waals surface area contributed by atoms with Crippen LogP contribution in [0.4, 0.5) is 23.2 Å². The molecule has 15 heavy (non-hydrogen) atoms. The minimum absolute atomic E-state index is 0. The monoisotopic (exact) mass is 245 g/mol. The summed E-state index contributed by atoms with van der Waals surface area (Å²) in [7, 11) is 0. The van der Waals surface area contributed by atoms with Crippen molar-refractivity contribution in [3.63, 3.8) is 0 Å². The molecule has 86 valence electrons. The molecule has 0 atom stereocenters. The Labute approximate surface area is 89.6 Å². The van der Waals surface area contributed by atoms with Gasteiger partial charge in [-0.25, -0.2) is 4.39 Å². The fourth-order valence-corrected chi connectivity index (χ4v) is 0.719. The third kappa shape index (κ3) is 6.14. The third-order valence-electron chi connectivity index (χ3n) is 1.27. The summed E-state index contributed by atoms with van der Waals surface area (Å²) in [6, 6.07) is 4.76. The molecule has 0 saturated carbocycles. The number of halogens is 5. The number of alkyl halides is 3. The summed E-state index contributed by atoms with van der Waals surface area (Å²) >= 11 is 0. The maximum atomic E-state index is 12.3. The molecule has 0 aliphatic carbocycles. The van der Waals surface area contributed by atoms with E-state index in [-0.39, 0.29) is 18.1 Å². The second-order valence-electron chi connectivity index (χ2n) is 2.51. The Bertz CT molecular complexity index is 288. The number of rotatable bonds is 3. The summed E-state index contributed by atoms with van der Waals surface area (Å²) in [6.07, 6.45) is -4.38. The number of hydrogen-bond donors (Lipinski definition) is 1. The summed E-state index contributed by atoms with van der Waals surface area (Å²) in [5, 5.41) is 0. The predicted molar refractivity (Wildman–Crippen MR) is 49.3 cm³/mol. The average molecular weight is 246 g/mol. The van der Waals surface area contributed by atoms with Crippen LogP contribution in [0.1, 0.15) is 0 Å². The highest BCUT2D eigenvalue weighted by molar-refractivity contribution is 5.85.